The molecule has 2 saturated carbocycles. The van der Waals surface area contributed by atoms with Crippen LogP contribution in [-0.4, -0.2) is 0 Å². The van der Waals surface area contributed by atoms with Crippen LogP contribution >= 0.6 is 0 Å². The molecule has 153 valence electrons. The quantitative estimate of drug-likeness (QED) is 0.401. The molecule has 1 radical (unpaired) electrons. The van der Waals surface area contributed by atoms with Crippen LogP contribution in [-0.2, 0) is 32.7 Å². The molecule has 0 aliphatic heterocycles. The van der Waals surface area contributed by atoms with Crippen molar-refractivity contribution < 1.29 is 45.9 Å². The second kappa shape index (κ2) is 10.1. The Labute approximate surface area is 197 Å². The van der Waals surface area contributed by atoms with Gasteiger partial charge < -0.3 is 0 Å². The van der Waals surface area contributed by atoms with Crippen LogP contribution in [0.15, 0.2) is 30.3 Å². The maximum atomic E-state index is 14.7. The smallest absolute Gasteiger partial charge is 0.129 e. The molecule has 2 aliphatic carbocycles. The van der Waals surface area contributed by atoms with Crippen LogP contribution in [0.25, 0.3) is 11.1 Å². The molecule has 4 rings (SSSR count). The predicted molar refractivity (Wildman–Crippen MR) is 106 cm³/mol. The van der Waals surface area contributed by atoms with E-state index < -0.39 is 17.5 Å². The Balaban J connectivity index is 0.00000240. The molecule has 4 heteroatoms. The van der Waals surface area contributed by atoms with Crippen molar-refractivity contribution in [3.63, 3.8) is 0 Å². The fraction of sp³-hybridized carbons (Fsp3) is 0.520. The van der Waals surface area contributed by atoms with Gasteiger partial charge in [-0.25, -0.2) is 13.2 Å². The van der Waals surface area contributed by atoms with Gasteiger partial charge in [0.15, 0.2) is 0 Å². The summed E-state index contributed by atoms with van der Waals surface area (Å²) in [5, 5.41) is 0. The van der Waals surface area contributed by atoms with Crippen LogP contribution in [0.4, 0.5) is 13.2 Å². The molecule has 0 spiro atoms. The molecule has 0 heterocycles. The van der Waals surface area contributed by atoms with Crippen LogP contribution in [0.3, 0.4) is 0 Å². The summed E-state index contributed by atoms with van der Waals surface area (Å²) in [5.74, 6) is 0.961. The minimum absolute atomic E-state index is 0. The summed E-state index contributed by atoms with van der Waals surface area (Å²) in [6, 6.07) is 9.34. The minimum atomic E-state index is -0.811. The molecule has 2 fully saturated rings. The van der Waals surface area contributed by atoms with Crippen LogP contribution in [0.2, 0.25) is 0 Å². The number of halogens is 3. The molecule has 2 aromatic carbocycles. The van der Waals surface area contributed by atoms with E-state index in [4.69, 9.17) is 0 Å². The molecule has 0 atom stereocenters. The van der Waals surface area contributed by atoms with Crippen molar-refractivity contribution in [1.29, 1.82) is 0 Å². The van der Waals surface area contributed by atoms with E-state index in [0.717, 1.165) is 48.3 Å². The second-order valence-corrected chi connectivity index (χ2v) is 8.94. The first kappa shape index (κ1) is 23.0. The third-order valence-corrected chi connectivity index (χ3v) is 7.08. The number of benzene rings is 2. The Kier molecular flexibility index (Phi) is 8.01. The van der Waals surface area contributed by atoms with E-state index in [9.17, 15) is 13.2 Å². The van der Waals surface area contributed by atoms with Crippen molar-refractivity contribution in [2.75, 3.05) is 0 Å². The molecular weight excluding hydrogens is 446 g/mol. The Hall–Kier alpha value is -0.666. The van der Waals surface area contributed by atoms with Crippen molar-refractivity contribution in [1.82, 2.24) is 0 Å². The molecule has 0 unspecified atom stereocenters. The van der Waals surface area contributed by atoms with E-state index in [1.165, 1.54) is 38.5 Å². The first-order valence-corrected chi connectivity index (χ1v) is 10.7. The molecule has 2 aromatic rings. The Bertz CT molecular complexity index is 799. The van der Waals surface area contributed by atoms with E-state index >= 15 is 0 Å². The Morgan fingerprint density at radius 2 is 1.31 bits per heavy atom. The third kappa shape index (κ3) is 5.53. The molecular formula is C25H28F3Y-. The fourth-order valence-electron chi connectivity index (χ4n) is 5.36. The van der Waals surface area contributed by atoms with Gasteiger partial charge in [-0.15, -0.1) is 23.8 Å². The average Bonchev–Trinajstić information content (AvgIpc) is 2.68. The third-order valence-electron chi connectivity index (χ3n) is 7.08. The van der Waals surface area contributed by atoms with E-state index in [1.807, 2.05) is 12.1 Å². The molecule has 0 saturated heterocycles. The molecule has 2 aliphatic rings. The number of hydrogen-bond donors (Lipinski definition) is 0. The van der Waals surface area contributed by atoms with Gasteiger partial charge in [-0.05, 0) is 79.4 Å². The summed E-state index contributed by atoms with van der Waals surface area (Å²) in [5.41, 5.74) is 1.47. The maximum Gasteiger partial charge on any atom is 0.129 e. The van der Waals surface area contributed by atoms with Gasteiger partial charge in [0, 0.05) is 44.3 Å². The molecule has 29 heavy (non-hydrogen) atoms. The molecule has 0 aromatic heterocycles. The second-order valence-electron chi connectivity index (χ2n) is 8.94. The summed E-state index contributed by atoms with van der Waals surface area (Å²) in [4.78, 5) is 0. The molecule has 0 nitrogen and oxygen atoms in total. The van der Waals surface area contributed by atoms with Crippen molar-refractivity contribution in [3.8, 4) is 11.1 Å². The summed E-state index contributed by atoms with van der Waals surface area (Å²) in [7, 11) is 0. The van der Waals surface area contributed by atoms with Crippen molar-refractivity contribution in [2.24, 2.45) is 17.8 Å². The SMILES string of the molecule is CC1CCC(C2CCC(c3ccc(-c4cc(F)[c-]c(F)c4)c(F)c3)CC2)CC1.[Y]. The summed E-state index contributed by atoms with van der Waals surface area (Å²) < 4.78 is 41.5. The minimum Gasteiger partial charge on any atom is -0.236 e. The summed E-state index contributed by atoms with van der Waals surface area (Å²) >= 11 is 0. The first-order valence-electron chi connectivity index (χ1n) is 10.7. The van der Waals surface area contributed by atoms with Crippen LogP contribution < -0.4 is 0 Å². The van der Waals surface area contributed by atoms with Gasteiger partial charge in [0.1, 0.15) is 5.82 Å². The summed E-state index contributed by atoms with van der Waals surface area (Å²) in [6.07, 6.45) is 10.2. The number of hydrogen-bond acceptors (Lipinski definition) is 0. The van der Waals surface area contributed by atoms with Crippen molar-refractivity contribution >= 4 is 0 Å². The fourth-order valence-corrected chi connectivity index (χ4v) is 5.36. The van der Waals surface area contributed by atoms with Gasteiger partial charge in [0.2, 0.25) is 0 Å². The van der Waals surface area contributed by atoms with Crippen LogP contribution in [0, 0.1) is 41.3 Å². The zero-order chi connectivity index (χ0) is 19.7. The van der Waals surface area contributed by atoms with E-state index in [0.29, 0.717) is 5.92 Å². The van der Waals surface area contributed by atoms with E-state index in [2.05, 4.69) is 6.92 Å². The zero-order valence-electron chi connectivity index (χ0n) is 17.1. The van der Waals surface area contributed by atoms with Gasteiger partial charge in [-0.1, -0.05) is 31.9 Å². The first-order chi connectivity index (χ1) is 13.5. The van der Waals surface area contributed by atoms with Gasteiger partial charge in [-0.3, -0.25) is 0 Å². The van der Waals surface area contributed by atoms with Crippen LogP contribution in [0.5, 0.6) is 0 Å². The Morgan fingerprint density at radius 1 is 0.759 bits per heavy atom. The maximum absolute atomic E-state index is 14.7. The largest absolute Gasteiger partial charge is 0.236 e. The summed E-state index contributed by atoms with van der Waals surface area (Å²) in [6.45, 7) is 2.36. The Morgan fingerprint density at radius 3 is 1.86 bits per heavy atom. The van der Waals surface area contributed by atoms with Gasteiger partial charge in [0.25, 0.3) is 0 Å². The molecule has 0 N–H and O–H groups in total. The topological polar surface area (TPSA) is 0 Å². The monoisotopic (exact) mass is 474 g/mol. The van der Waals surface area contributed by atoms with E-state index in [1.54, 1.807) is 12.1 Å². The van der Waals surface area contributed by atoms with E-state index in [-0.39, 0.29) is 43.8 Å². The van der Waals surface area contributed by atoms with Crippen molar-refractivity contribution in [2.45, 2.75) is 64.2 Å². The molecule has 0 amide bonds. The number of rotatable bonds is 3. The van der Waals surface area contributed by atoms with Crippen LogP contribution in [0.1, 0.15) is 69.8 Å². The van der Waals surface area contributed by atoms with Gasteiger partial charge >= 0.3 is 0 Å². The molecule has 0 bridgehead atoms. The predicted octanol–water partition coefficient (Wildman–Crippen LogP) is 7.67. The van der Waals surface area contributed by atoms with Crippen molar-refractivity contribution in [3.05, 3.63) is 59.4 Å². The standard InChI is InChI=1S/C25H28F3.Y/c1-16-2-4-17(5-3-16)18-6-8-19(9-7-18)20-10-11-24(25(28)14-20)21-12-22(26)15-23(27)13-21;/h10-14,16-19H,2-9H2,1H3;/q-1;. The van der Waals surface area contributed by atoms with Gasteiger partial charge in [0.05, 0.1) is 0 Å². The average molecular weight is 474 g/mol. The zero-order valence-corrected chi connectivity index (χ0v) is 19.9. The van der Waals surface area contributed by atoms with Gasteiger partial charge in [-0.2, -0.15) is 0 Å². The normalized spacial score (nSPS) is 27.3.